The lowest BCUT2D eigenvalue weighted by Crippen LogP contribution is -2.23. The van der Waals surface area contributed by atoms with Gasteiger partial charge in [0.1, 0.15) is 0 Å². The lowest BCUT2D eigenvalue weighted by Gasteiger charge is -2.19. The van der Waals surface area contributed by atoms with Gasteiger partial charge in [0, 0.05) is 0 Å². The maximum absolute atomic E-state index is 3.69. The Morgan fingerprint density at radius 3 is 1.75 bits per heavy atom. The van der Waals surface area contributed by atoms with Gasteiger partial charge in [-0.15, -0.1) is 12.4 Å². The summed E-state index contributed by atoms with van der Waals surface area (Å²) in [6, 6.07) is 21.7. The molecular weight excluding hydrogens is 266 g/mol. The summed E-state index contributed by atoms with van der Waals surface area (Å²) in [5, 5.41) is 3.69. The topological polar surface area (TPSA) is 12.0 Å². The third kappa shape index (κ3) is 4.99. The van der Waals surface area contributed by atoms with Crippen LogP contribution in [0.2, 0.25) is 0 Å². The van der Waals surface area contributed by atoms with Gasteiger partial charge in [-0.1, -0.05) is 80.4 Å². The molecule has 108 valence electrons. The summed E-state index contributed by atoms with van der Waals surface area (Å²) < 4.78 is 0. The van der Waals surface area contributed by atoms with E-state index in [4.69, 9.17) is 0 Å². The van der Waals surface area contributed by atoms with Crippen LogP contribution < -0.4 is 5.32 Å². The summed E-state index contributed by atoms with van der Waals surface area (Å²) in [6.45, 7) is 3.31. The van der Waals surface area contributed by atoms with Crippen LogP contribution in [0.4, 0.5) is 0 Å². The fourth-order valence-corrected chi connectivity index (χ4v) is 2.34. The molecule has 0 saturated carbocycles. The zero-order valence-corrected chi connectivity index (χ0v) is 12.9. The van der Waals surface area contributed by atoms with Crippen LogP contribution in [0.5, 0.6) is 0 Å². The molecule has 2 heteroatoms. The Hall–Kier alpha value is -1.31. The predicted molar refractivity (Wildman–Crippen MR) is 89.5 cm³/mol. The average Bonchev–Trinajstić information content (AvgIpc) is 2.49. The van der Waals surface area contributed by atoms with E-state index in [2.05, 4.69) is 72.9 Å². The average molecular weight is 290 g/mol. The zero-order chi connectivity index (χ0) is 13.3. The molecule has 0 bridgehead atoms. The maximum atomic E-state index is 3.69. The van der Waals surface area contributed by atoms with Crippen LogP contribution >= 0.6 is 12.4 Å². The summed E-state index contributed by atoms with van der Waals surface area (Å²) in [4.78, 5) is 0. The SMILES string of the molecule is CCCCCNC(c1ccccc1)c1ccccc1.Cl. The van der Waals surface area contributed by atoms with E-state index < -0.39 is 0 Å². The Morgan fingerprint density at radius 2 is 1.30 bits per heavy atom. The number of benzene rings is 2. The molecule has 2 aromatic carbocycles. The van der Waals surface area contributed by atoms with E-state index in [0.717, 1.165) is 6.54 Å². The monoisotopic (exact) mass is 289 g/mol. The highest BCUT2D eigenvalue weighted by atomic mass is 35.5. The fraction of sp³-hybridized carbons (Fsp3) is 0.333. The summed E-state index contributed by atoms with van der Waals surface area (Å²) in [5.74, 6) is 0. The van der Waals surface area contributed by atoms with Crippen molar-refractivity contribution in [3.05, 3.63) is 71.8 Å². The van der Waals surface area contributed by atoms with Crippen molar-refractivity contribution in [2.24, 2.45) is 0 Å². The second kappa shape index (κ2) is 9.57. The van der Waals surface area contributed by atoms with Crippen LogP contribution in [0.25, 0.3) is 0 Å². The van der Waals surface area contributed by atoms with Gasteiger partial charge in [0.05, 0.1) is 6.04 Å². The predicted octanol–water partition coefficient (Wildman–Crippen LogP) is 4.98. The van der Waals surface area contributed by atoms with Crippen LogP contribution in [-0.4, -0.2) is 6.54 Å². The number of hydrogen-bond acceptors (Lipinski definition) is 1. The number of unbranched alkanes of at least 4 members (excludes halogenated alkanes) is 2. The van der Waals surface area contributed by atoms with Crippen molar-refractivity contribution in [3.63, 3.8) is 0 Å². The normalized spacial score (nSPS) is 10.3. The van der Waals surface area contributed by atoms with Gasteiger partial charge >= 0.3 is 0 Å². The van der Waals surface area contributed by atoms with Crippen LogP contribution in [0.15, 0.2) is 60.7 Å². The molecule has 0 spiro atoms. The van der Waals surface area contributed by atoms with Crippen molar-refractivity contribution in [1.29, 1.82) is 0 Å². The standard InChI is InChI=1S/C18H23N.ClH/c1-2-3-10-15-19-18(16-11-6-4-7-12-16)17-13-8-5-9-14-17;/h4-9,11-14,18-19H,2-3,10,15H2,1H3;1H. The molecule has 0 aliphatic heterocycles. The molecule has 2 rings (SSSR count). The molecule has 0 radical (unpaired) electrons. The van der Waals surface area contributed by atoms with Crippen molar-refractivity contribution in [2.45, 2.75) is 32.2 Å². The second-order valence-corrected chi connectivity index (χ2v) is 4.92. The lowest BCUT2D eigenvalue weighted by atomic mass is 9.98. The molecule has 0 saturated heterocycles. The highest BCUT2D eigenvalue weighted by molar-refractivity contribution is 5.85. The van der Waals surface area contributed by atoms with Gasteiger partial charge < -0.3 is 5.32 Å². The van der Waals surface area contributed by atoms with E-state index in [-0.39, 0.29) is 12.4 Å². The number of rotatable bonds is 7. The minimum Gasteiger partial charge on any atom is -0.306 e. The summed E-state index contributed by atoms with van der Waals surface area (Å²) >= 11 is 0. The Balaban J connectivity index is 0.00000200. The molecule has 0 unspecified atom stereocenters. The van der Waals surface area contributed by atoms with Crippen LogP contribution in [0, 0.1) is 0 Å². The van der Waals surface area contributed by atoms with Gasteiger partial charge in [-0.25, -0.2) is 0 Å². The molecule has 0 atom stereocenters. The minimum absolute atomic E-state index is 0. The first kappa shape index (κ1) is 16.7. The lowest BCUT2D eigenvalue weighted by molar-refractivity contribution is 0.565. The Kier molecular flexibility index (Phi) is 8.01. The van der Waals surface area contributed by atoms with E-state index >= 15 is 0 Å². The van der Waals surface area contributed by atoms with Crippen molar-refractivity contribution >= 4 is 12.4 Å². The van der Waals surface area contributed by atoms with Crippen LogP contribution in [-0.2, 0) is 0 Å². The van der Waals surface area contributed by atoms with E-state index in [1.54, 1.807) is 0 Å². The van der Waals surface area contributed by atoms with Crippen molar-refractivity contribution in [2.75, 3.05) is 6.54 Å². The Labute approximate surface area is 128 Å². The first-order valence-corrected chi connectivity index (χ1v) is 7.25. The Bertz CT molecular complexity index is 416. The van der Waals surface area contributed by atoms with Gasteiger partial charge in [-0.05, 0) is 24.1 Å². The van der Waals surface area contributed by atoms with Gasteiger partial charge in [-0.3, -0.25) is 0 Å². The van der Waals surface area contributed by atoms with E-state index in [9.17, 15) is 0 Å². The third-order valence-electron chi connectivity index (χ3n) is 3.39. The van der Waals surface area contributed by atoms with Crippen LogP contribution in [0.3, 0.4) is 0 Å². The smallest absolute Gasteiger partial charge is 0.0576 e. The third-order valence-corrected chi connectivity index (χ3v) is 3.39. The van der Waals surface area contributed by atoms with Gasteiger partial charge in [-0.2, -0.15) is 0 Å². The summed E-state index contributed by atoms with van der Waals surface area (Å²) in [5.41, 5.74) is 2.68. The molecule has 0 aromatic heterocycles. The van der Waals surface area contributed by atoms with Crippen molar-refractivity contribution in [3.8, 4) is 0 Å². The first-order chi connectivity index (χ1) is 9.42. The highest BCUT2D eigenvalue weighted by Crippen LogP contribution is 2.21. The van der Waals surface area contributed by atoms with E-state index in [0.29, 0.717) is 6.04 Å². The molecule has 1 nitrogen and oxygen atoms in total. The number of hydrogen-bond donors (Lipinski definition) is 1. The molecule has 0 amide bonds. The first-order valence-electron chi connectivity index (χ1n) is 7.25. The summed E-state index contributed by atoms with van der Waals surface area (Å²) in [7, 11) is 0. The van der Waals surface area contributed by atoms with Crippen LogP contribution in [0.1, 0.15) is 43.4 Å². The quantitative estimate of drug-likeness (QED) is 0.709. The molecular formula is C18H24ClN. The second-order valence-electron chi connectivity index (χ2n) is 4.92. The molecule has 0 aliphatic carbocycles. The molecule has 0 aliphatic rings. The van der Waals surface area contributed by atoms with Gasteiger partial charge in [0.15, 0.2) is 0 Å². The van der Waals surface area contributed by atoms with E-state index in [1.165, 1.54) is 30.4 Å². The van der Waals surface area contributed by atoms with E-state index in [1.807, 2.05) is 0 Å². The number of halogens is 1. The molecule has 20 heavy (non-hydrogen) atoms. The fourth-order valence-electron chi connectivity index (χ4n) is 2.34. The minimum atomic E-state index is 0. The van der Waals surface area contributed by atoms with Crippen molar-refractivity contribution < 1.29 is 0 Å². The molecule has 1 N–H and O–H groups in total. The van der Waals surface area contributed by atoms with Crippen molar-refractivity contribution in [1.82, 2.24) is 5.32 Å². The number of nitrogens with one attached hydrogen (secondary N) is 1. The maximum Gasteiger partial charge on any atom is 0.0576 e. The molecule has 0 heterocycles. The zero-order valence-electron chi connectivity index (χ0n) is 12.1. The molecule has 0 fully saturated rings. The van der Waals surface area contributed by atoms with Gasteiger partial charge in [0.2, 0.25) is 0 Å². The largest absolute Gasteiger partial charge is 0.306 e. The Morgan fingerprint density at radius 1 is 0.800 bits per heavy atom. The van der Waals surface area contributed by atoms with Gasteiger partial charge in [0.25, 0.3) is 0 Å². The summed E-state index contributed by atoms with van der Waals surface area (Å²) in [6.07, 6.45) is 3.80. The molecule has 2 aromatic rings. The highest BCUT2D eigenvalue weighted by Gasteiger charge is 2.11.